The second kappa shape index (κ2) is 6.68. The summed E-state index contributed by atoms with van der Waals surface area (Å²) < 4.78 is 33.7. The molecule has 2 aromatic rings. The van der Waals surface area contributed by atoms with Crippen LogP contribution < -0.4 is 10.1 Å². The summed E-state index contributed by atoms with van der Waals surface area (Å²) in [5.74, 6) is -0.365. The quantitative estimate of drug-likeness (QED) is 0.859. The number of halogens is 2. The Morgan fingerprint density at radius 2 is 1.76 bits per heavy atom. The summed E-state index contributed by atoms with van der Waals surface area (Å²) in [5.41, 5.74) is 0.894. The third-order valence-electron chi connectivity index (χ3n) is 3.33. The normalized spacial score (nSPS) is 12.2. The number of hydrogen-bond donors (Lipinski definition) is 1. The fourth-order valence-electron chi connectivity index (χ4n) is 2.25. The van der Waals surface area contributed by atoms with Gasteiger partial charge in [-0.05, 0) is 44.2 Å². The molecule has 0 aliphatic carbocycles. The summed E-state index contributed by atoms with van der Waals surface area (Å²) in [4.78, 5) is 0. The van der Waals surface area contributed by atoms with Gasteiger partial charge in [0, 0.05) is 11.6 Å². The standard InChI is InChI=1S/C17H19F2NO/c1-4-20-12(3)16-13(18)8-6-9-14(16)21-15-10-5-7-11(2)17(15)19/h5-10,12,20H,4H2,1-3H3. The van der Waals surface area contributed by atoms with Crippen molar-refractivity contribution in [3.8, 4) is 11.5 Å². The first kappa shape index (κ1) is 15.4. The van der Waals surface area contributed by atoms with Crippen LogP contribution in [0.1, 0.15) is 31.0 Å². The second-order valence-electron chi connectivity index (χ2n) is 4.92. The van der Waals surface area contributed by atoms with Crippen molar-refractivity contribution in [2.45, 2.75) is 26.8 Å². The Morgan fingerprint density at radius 3 is 2.48 bits per heavy atom. The summed E-state index contributed by atoms with van der Waals surface area (Å²) in [6, 6.07) is 9.27. The Kier molecular flexibility index (Phi) is 4.91. The SMILES string of the molecule is CCNC(C)c1c(F)cccc1Oc1cccc(C)c1F. The molecule has 0 amide bonds. The van der Waals surface area contributed by atoms with Crippen molar-refractivity contribution in [3.63, 3.8) is 0 Å². The van der Waals surface area contributed by atoms with Gasteiger partial charge in [-0.2, -0.15) is 0 Å². The Balaban J connectivity index is 2.40. The molecule has 0 saturated carbocycles. The predicted octanol–water partition coefficient (Wildman–Crippen LogP) is 4.74. The molecule has 0 bridgehead atoms. The molecule has 0 saturated heterocycles. The number of aryl methyl sites for hydroxylation is 1. The van der Waals surface area contributed by atoms with E-state index >= 15 is 0 Å². The van der Waals surface area contributed by atoms with Gasteiger partial charge in [-0.1, -0.05) is 25.1 Å². The Morgan fingerprint density at radius 1 is 1.10 bits per heavy atom. The van der Waals surface area contributed by atoms with Crippen molar-refractivity contribution in [1.29, 1.82) is 0 Å². The van der Waals surface area contributed by atoms with E-state index in [0.29, 0.717) is 23.4 Å². The van der Waals surface area contributed by atoms with Crippen molar-refractivity contribution in [3.05, 3.63) is 59.2 Å². The molecule has 0 aromatic heterocycles. The van der Waals surface area contributed by atoms with E-state index in [1.165, 1.54) is 12.1 Å². The van der Waals surface area contributed by atoms with Gasteiger partial charge in [0.15, 0.2) is 11.6 Å². The average molecular weight is 291 g/mol. The van der Waals surface area contributed by atoms with Crippen LogP contribution in [-0.4, -0.2) is 6.54 Å². The molecule has 0 spiro atoms. The summed E-state index contributed by atoms with van der Waals surface area (Å²) in [6.07, 6.45) is 0. The first-order valence-electron chi connectivity index (χ1n) is 6.99. The summed E-state index contributed by atoms with van der Waals surface area (Å²) >= 11 is 0. The van der Waals surface area contributed by atoms with Gasteiger partial charge >= 0.3 is 0 Å². The second-order valence-corrected chi connectivity index (χ2v) is 4.92. The van der Waals surface area contributed by atoms with E-state index in [9.17, 15) is 8.78 Å². The molecular formula is C17H19F2NO. The highest BCUT2D eigenvalue weighted by Crippen LogP contribution is 2.33. The van der Waals surface area contributed by atoms with E-state index in [0.717, 1.165) is 0 Å². The van der Waals surface area contributed by atoms with Crippen LogP contribution in [-0.2, 0) is 0 Å². The maximum Gasteiger partial charge on any atom is 0.168 e. The molecule has 2 nitrogen and oxygen atoms in total. The lowest BCUT2D eigenvalue weighted by molar-refractivity contribution is 0.419. The maximum absolute atomic E-state index is 14.1. The van der Waals surface area contributed by atoms with Crippen LogP contribution in [0.25, 0.3) is 0 Å². The maximum atomic E-state index is 14.1. The highest BCUT2D eigenvalue weighted by molar-refractivity contribution is 5.41. The summed E-state index contributed by atoms with van der Waals surface area (Å²) in [7, 11) is 0. The minimum atomic E-state index is -0.427. The molecule has 2 aromatic carbocycles. The molecule has 0 aliphatic rings. The first-order chi connectivity index (χ1) is 10.0. The number of ether oxygens (including phenoxy) is 1. The topological polar surface area (TPSA) is 21.3 Å². The van der Waals surface area contributed by atoms with Crippen molar-refractivity contribution < 1.29 is 13.5 Å². The zero-order valence-corrected chi connectivity index (χ0v) is 12.4. The van der Waals surface area contributed by atoms with Crippen LogP contribution in [0, 0.1) is 18.6 Å². The summed E-state index contributed by atoms with van der Waals surface area (Å²) in [5, 5.41) is 3.14. The van der Waals surface area contributed by atoms with Crippen LogP contribution in [0.15, 0.2) is 36.4 Å². The van der Waals surface area contributed by atoms with Crippen LogP contribution in [0.3, 0.4) is 0 Å². The highest BCUT2D eigenvalue weighted by Gasteiger charge is 2.18. The number of hydrogen-bond acceptors (Lipinski definition) is 2. The van der Waals surface area contributed by atoms with E-state index in [4.69, 9.17) is 4.74 Å². The molecule has 1 atom stereocenters. The summed E-state index contributed by atoms with van der Waals surface area (Å²) in [6.45, 7) is 6.16. The molecular weight excluding hydrogens is 272 g/mol. The van der Waals surface area contributed by atoms with Gasteiger partial charge in [0.1, 0.15) is 11.6 Å². The smallest absolute Gasteiger partial charge is 0.168 e. The lowest BCUT2D eigenvalue weighted by Gasteiger charge is -2.18. The molecule has 2 rings (SSSR count). The predicted molar refractivity (Wildman–Crippen MR) is 79.7 cm³/mol. The van der Waals surface area contributed by atoms with E-state index in [1.54, 1.807) is 31.2 Å². The zero-order chi connectivity index (χ0) is 15.4. The third kappa shape index (κ3) is 3.39. The molecule has 0 aliphatic heterocycles. The lowest BCUT2D eigenvalue weighted by Crippen LogP contribution is -2.19. The molecule has 112 valence electrons. The van der Waals surface area contributed by atoms with Crippen molar-refractivity contribution in [2.75, 3.05) is 6.54 Å². The molecule has 0 radical (unpaired) electrons. The fourth-order valence-corrected chi connectivity index (χ4v) is 2.25. The average Bonchev–Trinajstić information content (AvgIpc) is 2.44. The van der Waals surface area contributed by atoms with Gasteiger partial charge in [-0.15, -0.1) is 0 Å². The van der Waals surface area contributed by atoms with E-state index < -0.39 is 5.82 Å². The van der Waals surface area contributed by atoms with E-state index in [1.807, 2.05) is 13.8 Å². The third-order valence-corrected chi connectivity index (χ3v) is 3.33. The van der Waals surface area contributed by atoms with Gasteiger partial charge in [0.05, 0.1) is 0 Å². The first-order valence-corrected chi connectivity index (χ1v) is 6.99. The van der Waals surface area contributed by atoms with Gasteiger partial charge in [0.2, 0.25) is 0 Å². The van der Waals surface area contributed by atoms with Gasteiger partial charge in [-0.25, -0.2) is 8.78 Å². The van der Waals surface area contributed by atoms with Gasteiger partial charge < -0.3 is 10.1 Å². The highest BCUT2D eigenvalue weighted by atomic mass is 19.1. The number of benzene rings is 2. The molecule has 21 heavy (non-hydrogen) atoms. The van der Waals surface area contributed by atoms with Crippen molar-refractivity contribution >= 4 is 0 Å². The fraction of sp³-hybridized carbons (Fsp3) is 0.294. The number of nitrogens with one attached hydrogen (secondary N) is 1. The molecule has 0 fully saturated rings. The minimum absolute atomic E-state index is 0.102. The van der Waals surface area contributed by atoms with Crippen molar-refractivity contribution in [1.82, 2.24) is 5.32 Å². The lowest BCUT2D eigenvalue weighted by atomic mass is 10.1. The zero-order valence-electron chi connectivity index (χ0n) is 12.4. The van der Waals surface area contributed by atoms with Crippen molar-refractivity contribution in [2.24, 2.45) is 0 Å². The molecule has 1 N–H and O–H groups in total. The van der Waals surface area contributed by atoms with Gasteiger partial charge in [-0.3, -0.25) is 0 Å². The molecule has 1 unspecified atom stereocenters. The largest absolute Gasteiger partial charge is 0.454 e. The van der Waals surface area contributed by atoms with Crippen LogP contribution in [0.4, 0.5) is 8.78 Å². The van der Waals surface area contributed by atoms with E-state index in [2.05, 4.69) is 5.32 Å². The molecule has 0 heterocycles. The molecule has 4 heteroatoms. The number of rotatable bonds is 5. The van der Waals surface area contributed by atoms with Crippen LogP contribution in [0.2, 0.25) is 0 Å². The monoisotopic (exact) mass is 291 g/mol. The Labute approximate surface area is 123 Å². The van der Waals surface area contributed by atoms with Crippen LogP contribution >= 0.6 is 0 Å². The minimum Gasteiger partial charge on any atom is -0.454 e. The van der Waals surface area contributed by atoms with Crippen LogP contribution in [0.5, 0.6) is 11.5 Å². The van der Waals surface area contributed by atoms with Gasteiger partial charge in [0.25, 0.3) is 0 Å². The Hall–Kier alpha value is -1.94. The Bertz CT molecular complexity index is 628. The van der Waals surface area contributed by atoms with E-state index in [-0.39, 0.29) is 17.6 Å².